The maximum atomic E-state index is 12.2. The van der Waals surface area contributed by atoms with Crippen molar-refractivity contribution in [3.05, 3.63) is 54.2 Å². The number of carbonyl (C=O) groups is 1. The van der Waals surface area contributed by atoms with Gasteiger partial charge in [-0.15, -0.1) is 10.2 Å². The Labute approximate surface area is 157 Å². The molecular formula is C19H21N5OS. The number of rotatable bonds is 7. The van der Waals surface area contributed by atoms with Crippen LogP contribution in [0.3, 0.4) is 0 Å². The molecule has 2 heterocycles. The minimum Gasteiger partial charge on any atom is -0.325 e. The summed E-state index contributed by atoms with van der Waals surface area (Å²) in [4.78, 5) is 16.6. The molecule has 0 saturated heterocycles. The second-order valence-corrected chi connectivity index (χ2v) is 6.82. The van der Waals surface area contributed by atoms with Crippen LogP contribution in [-0.4, -0.2) is 31.4 Å². The number of nitrogens with zero attached hydrogens (tertiary/aromatic N) is 4. The predicted molar refractivity (Wildman–Crippen MR) is 104 cm³/mol. The maximum absolute atomic E-state index is 12.2. The Balaban J connectivity index is 1.68. The first-order chi connectivity index (χ1) is 12.7. The van der Waals surface area contributed by atoms with E-state index in [0.717, 1.165) is 40.9 Å². The van der Waals surface area contributed by atoms with Gasteiger partial charge in [0.1, 0.15) is 5.69 Å². The SMILES string of the molecule is CCCn1c(SCC(=O)Nc2ccc(C)cc2)nnc1-c1ccccn1. The van der Waals surface area contributed by atoms with E-state index in [-0.39, 0.29) is 11.7 Å². The van der Waals surface area contributed by atoms with E-state index >= 15 is 0 Å². The summed E-state index contributed by atoms with van der Waals surface area (Å²) >= 11 is 1.38. The average molecular weight is 367 g/mol. The number of nitrogens with one attached hydrogen (secondary N) is 1. The second kappa shape index (κ2) is 8.62. The van der Waals surface area contributed by atoms with E-state index in [1.807, 2.05) is 54.0 Å². The maximum Gasteiger partial charge on any atom is 0.234 e. The Kier molecular flexibility index (Phi) is 6.01. The van der Waals surface area contributed by atoms with Crippen LogP contribution in [0.5, 0.6) is 0 Å². The molecule has 0 spiro atoms. The molecule has 0 aliphatic heterocycles. The lowest BCUT2D eigenvalue weighted by molar-refractivity contribution is -0.113. The lowest BCUT2D eigenvalue weighted by Crippen LogP contribution is -2.14. The molecule has 26 heavy (non-hydrogen) atoms. The summed E-state index contributed by atoms with van der Waals surface area (Å²) < 4.78 is 2.02. The predicted octanol–water partition coefficient (Wildman–Crippen LogP) is 3.79. The molecule has 0 aliphatic carbocycles. The highest BCUT2D eigenvalue weighted by Crippen LogP contribution is 2.23. The molecule has 0 saturated carbocycles. The first kappa shape index (κ1) is 18.1. The fourth-order valence-electron chi connectivity index (χ4n) is 2.47. The summed E-state index contributed by atoms with van der Waals surface area (Å²) in [7, 11) is 0. The van der Waals surface area contributed by atoms with E-state index in [0.29, 0.717) is 0 Å². The molecule has 7 heteroatoms. The zero-order chi connectivity index (χ0) is 18.4. The molecule has 0 unspecified atom stereocenters. The van der Waals surface area contributed by atoms with E-state index in [1.54, 1.807) is 6.20 Å². The molecule has 0 fully saturated rings. The third-order valence-electron chi connectivity index (χ3n) is 3.73. The first-order valence-corrected chi connectivity index (χ1v) is 9.50. The van der Waals surface area contributed by atoms with Crippen LogP contribution in [0.1, 0.15) is 18.9 Å². The lowest BCUT2D eigenvalue weighted by Gasteiger charge is -2.09. The standard InChI is InChI=1S/C19H21N5OS/c1-3-12-24-18(16-6-4-5-11-20-16)22-23-19(24)26-13-17(25)21-15-9-7-14(2)8-10-15/h4-11H,3,12-13H2,1-2H3,(H,21,25). The number of benzene rings is 1. The summed E-state index contributed by atoms with van der Waals surface area (Å²) in [5, 5.41) is 12.2. The van der Waals surface area contributed by atoms with E-state index in [4.69, 9.17) is 0 Å². The molecule has 3 rings (SSSR count). The van der Waals surface area contributed by atoms with Crippen LogP contribution in [0.2, 0.25) is 0 Å². The molecule has 6 nitrogen and oxygen atoms in total. The van der Waals surface area contributed by atoms with Gasteiger partial charge in [-0.2, -0.15) is 0 Å². The van der Waals surface area contributed by atoms with Crippen LogP contribution in [0.4, 0.5) is 5.69 Å². The number of hydrogen-bond acceptors (Lipinski definition) is 5. The van der Waals surface area contributed by atoms with Crippen LogP contribution in [0, 0.1) is 6.92 Å². The van der Waals surface area contributed by atoms with Gasteiger partial charge in [-0.25, -0.2) is 0 Å². The Bertz CT molecular complexity index is 861. The molecule has 0 atom stereocenters. The third kappa shape index (κ3) is 4.49. The fraction of sp³-hybridized carbons (Fsp3) is 0.263. The highest BCUT2D eigenvalue weighted by atomic mass is 32.2. The average Bonchev–Trinajstić information content (AvgIpc) is 3.06. The molecular weight excluding hydrogens is 346 g/mol. The Morgan fingerprint density at radius 1 is 1.15 bits per heavy atom. The Hall–Kier alpha value is -2.67. The zero-order valence-corrected chi connectivity index (χ0v) is 15.7. The van der Waals surface area contributed by atoms with Crippen molar-refractivity contribution in [1.29, 1.82) is 0 Å². The van der Waals surface area contributed by atoms with E-state index in [2.05, 4.69) is 27.4 Å². The van der Waals surface area contributed by atoms with Gasteiger partial charge in [0.15, 0.2) is 11.0 Å². The molecule has 1 amide bonds. The van der Waals surface area contributed by atoms with Gasteiger partial charge < -0.3 is 9.88 Å². The van der Waals surface area contributed by atoms with Crippen molar-refractivity contribution in [1.82, 2.24) is 19.7 Å². The zero-order valence-electron chi connectivity index (χ0n) is 14.8. The quantitative estimate of drug-likeness (QED) is 0.643. The topological polar surface area (TPSA) is 72.7 Å². The highest BCUT2D eigenvalue weighted by Gasteiger charge is 2.15. The first-order valence-electron chi connectivity index (χ1n) is 8.51. The van der Waals surface area contributed by atoms with E-state index in [9.17, 15) is 4.79 Å². The molecule has 134 valence electrons. The van der Waals surface area contributed by atoms with E-state index in [1.165, 1.54) is 11.8 Å². The summed E-state index contributed by atoms with van der Waals surface area (Å²) in [6.07, 6.45) is 2.68. The summed E-state index contributed by atoms with van der Waals surface area (Å²) in [6.45, 7) is 4.89. The molecule has 1 aromatic carbocycles. The van der Waals surface area contributed by atoms with Crippen molar-refractivity contribution in [2.75, 3.05) is 11.1 Å². The smallest absolute Gasteiger partial charge is 0.234 e. The molecule has 0 aliphatic rings. The van der Waals surface area contributed by atoms with Crippen LogP contribution < -0.4 is 5.32 Å². The number of hydrogen-bond donors (Lipinski definition) is 1. The number of carbonyl (C=O) groups excluding carboxylic acids is 1. The van der Waals surface area contributed by atoms with Gasteiger partial charge in [-0.05, 0) is 37.6 Å². The van der Waals surface area contributed by atoms with Gasteiger partial charge >= 0.3 is 0 Å². The van der Waals surface area contributed by atoms with Gasteiger partial charge in [-0.1, -0.05) is 42.4 Å². The summed E-state index contributed by atoms with van der Waals surface area (Å²) in [5.74, 6) is 0.941. The summed E-state index contributed by atoms with van der Waals surface area (Å²) in [5.41, 5.74) is 2.74. The number of anilines is 1. The van der Waals surface area contributed by atoms with Crippen LogP contribution in [-0.2, 0) is 11.3 Å². The number of aryl methyl sites for hydroxylation is 1. The monoisotopic (exact) mass is 367 g/mol. The van der Waals surface area contributed by atoms with Crippen molar-refractivity contribution < 1.29 is 4.79 Å². The van der Waals surface area contributed by atoms with Crippen LogP contribution >= 0.6 is 11.8 Å². The minimum absolute atomic E-state index is 0.0655. The lowest BCUT2D eigenvalue weighted by atomic mass is 10.2. The van der Waals surface area contributed by atoms with Crippen LogP contribution in [0.15, 0.2) is 53.8 Å². The molecule has 3 aromatic rings. The van der Waals surface area contributed by atoms with Gasteiger partial charge in [0.25, 0.3) is 0 Å². The number of amides is 1. The normalized spacial score (nSPS) is 10.7. The number of pyridine rings is 1. The fourth-order valence-corrected chi connectivity index (χ4v) is 3.23. The Morgan fingerprint density at radius 3 is 2.65 bits per heavy atom. The van der Waals surface area contributed by atoms with Crippen molar-refractivity contribution in [2.24, 2.45) is 0 Å². The summed E-state index contributed by atoms with van der Waals surface area (Å²) in [6, 6.07) is 13.5. The molecule has 0 bridgehead atoms. The van der Waals surface area contributed by atoms with Gasteiger partial charge in [0.2, 0.25) is 5.91 Å². The van der Waals surface area contributed by atoms with Gasteiger partial charge in [0.05, 0.1) is 5.75 Å². The minimum atomic E-state index is -0.0655. The van der Waals surface area contributed by atoms with Crippen molar-refractivity contribution in [3.63, 3.8) is 0 Å². The van der Waals surface area contributed by atoms with Crippen molar-refractivity contribution in [2.45, 2.75) is 32.0 Å². The molecule has 2 aromatic heterocycles. The second-order valence-electron chi connectivity index (χ2n) is 5.88. The number of aromatic nitrogens is 4. The van der Waals surface area contributed by atoms with Crippen molar-refractivity contribution >= 4 is 23.4 Å². The Morgan fingerprint density at radius 2 is 1.96 bits per heavy atom. The van der Waals surface area contributed by atoms with E-state index < -0.39 is 0 Å². The largest absolute Gasteiger partial charge is 0.325 e. The van der Waals surface area contributed by atoms with Gasteiger partial charge in [-0.3, -0.25) is 9.78 Å². The number of thioether (sulfide) groups is 1. The van der Waals surface area contributed by atoms with Crippen molar-refractivity contribution in [3.8, 4) is 11.5 Å². The molecule has 1 N–H and O–H groups in total. The van der Waals surface area contributed by atoms with Gasteiger partial charge in [0, 0.05) is 18.4 Å². The third-order valence-corrected chi connectivity index (χ3v) is 4.69. The van der Waals surface area contributed by atoms with Crippen LogP contribution in [0.25, 0.3) is 11.5 Å². The highest BCUT2D eigenvalue weighted by molar-refractivity contribution is 7.99. The molecule has 0 radical (unpaired) electrons.